The number of halogens is 3. The second kappa shape index (κ2) is 7.90. The summed E-state index contributed by atoms with van der Waals surface area (Å²) in [6.07, 6.45) is -2.97. The minimum atomic E-state index is -4.75. The minimum Gasteiger partial charge on any atom is -0.406 e. The van der Waals surface area contributed by atoms with Crippen molar-refractivity contribution in [2.24, 2.45) is 0 Å². The van der Waals surface area contributed by atoms with Crippen LogP contribution in [0.15, 0.2) is 79.0 Å². The van der Waals surface area contributed by atoms with Gasteiger partial charge in [0.15, 0.2) is 0 Å². The van der Waals surface area contributed by atoms with Gasteiger partial charge in [-0.05, 0) is 29.8 Å². The van der Waals surface area contributed by atoms with Crippen molar-refractivity contribution in [3.8, 4) is 17.0 Å². The lowest BCUT2D eigenvalue weighted by atomic mass is 10.1. The van der Waals surface area contributed by atoms with E-state index in [4.69, 9.17) is 0 Å². The van der Waals surface area contributed by atoms with Crippen LogP contribution in [-0.2, 0) is 11.2 Å². The molecule has 0 fully saturated rings. The van der Waals surface area contributed by atoms with Gasteiger partial charge in [0.1, 0.15) is 22.9 Å². The molecule has 1 amide bonds. The fourth-order valence-electron chi connectivity index (χ4n) is 3.08. The molecule has 0 aliphatic heterocycles. The number of hydrogen-bond donors (Lipinski definition) is 1. The maximum atomic E-state index is 12.7. The zero-order valence-corrected chi connectivity index (χ0v) is 15.6. The number of hydrogen-bond acceptors (Lipinski definition) is 3. The summed E-state index contributed by atoms with van der Waals surface area (Å²) in [6.45, 7) is 0. The van der Waals surface area contributed by atoms with Crippen molar-refractivity contribution in [2.75, 3.05) is 5.32 Å². The van der Waals surface area contributed by atoms with Crippen LogP contribution in [0, 0.1) is 0 Å². The van der Waals surface area contributed by atoms with Crippen LogP contribution >= 0.6 is 0 Å². The summed E-state index contributed by atoms with van der Waals surface area (Å²) in [6, 6.07) is 20.2. The summed E-state index contributed by atoms with van der Waals surface area (Å²) in [5.41, 5.74) is 2.71. The highest BCUT2D eigenvalue weighted by molar-refractivity contribution is 5.95. The van der Waals surface area contributed by atoms with Crippen LogP contribution in [0.5, 0.6) is 5.75 Å². The van der Waals surface area contributed by atoms with Crippen molar-refractivity contribution in [3.05, 3.63) is 84.6 Å². The largest absolute Gasteiger partial charge is 0.573 e. The van der Waals surface area contributed by atoms with Crippen LogP contribution in [-0.4, -0.2) is 21.7 Å². The number of benzene rings is 2. The van der Waals surface area contributed by atoms with E-state index in [0.29, 0.717) is 22.7 Å². The molecule has 4 aromatic rings. The Morgan fingerprint density at radius 2 is 1.67 bits per heavy atom. The molecule has 30 heavy (non-hydrogen) atoms. The standard InChI is InChI=1S/C22H16F3N3O2/c23-22(24,25)30-17-11-9-15(10-12-17)14-19(29)27-21-20(16-6-2-1-3-7-16)26-18-8-4-5-13-28(18)21/h1-13H,14H2,(H,27,29). The molecule has 2 aromatic carbocycles. The van der Waals surface area contributed by atoms with E-state index >= 15 is 0 Å². The predicted molar refractivity (Wildman–Crippen MR) is 106 cm³/mol. The van der Waals surface area contributed by atoms with E-state index in [2.05, 4.69) is 15.0 Å². The molecular weight excluding hydrogens is 395 g/mol. The van der Waals surface area contributed by atoms with E-state index in [1.807, 2.05) is 48.5 Å². The molecule has 0 saturated heterocycles. The number of alkyl halides is 3. The number of amides is 1. The van der Waals surface area contributed by atoms with Crippen LogP contribution in [0.25, 0.3) is 16.9 Å². The van der Waals surface area contributed by atoms with Gasteiger partial charge in [0.2, 0.25) is 5.91 Å². The SMILES string of the molecule is O=C(Cc1ccc(OC(F)(F)F)cc1)Nc1c(-c2ccccc2)nc2ccccn12. The summed E-state index contributed by atoms with van der Waals surface area (Å²) >= 11 is 0. The highest BCUT2D eigenvalue weighted by Crippen LogP contribution is 2.29. The Balaban J connectivity index is 1.56. The Kier molecular flexibility index (Phi) is 5.14. The molecule has 0 aliphatic carbocycles. The van der Waals surface area contributed by atoms with E-state index in [9.17, 15) is 18.0 Å². The van der Waals surface area contributed by atoms with Gasteiger partial charge in [-0.25, -0.2) is 4.98 Å². The Hall–Kier alpha value is -3.81. The quantitative estimate of drug-likeness (QED) is 0.498. The van der Waals surface area contributed by atoms with E-state index in [-0.39, 0.29) is 18.1 Å². The summed E-state index contributed by atoms with van der Waals surface area (Å²) in [7, 11) is 0. The van der Waals surface area contributed by atoms with Gasteiger partial charge >= 0.3 is 6.36 Å². The average Bonchev–Trinajstić information content (AvgIpc) is 3.07. The Morgan fingerprint density at radius 1 is 0.967 bits per heavy atom. The maximum absolute atomic E-state index is 12.7. The highest BCUT2D eigenvalue weighted by atomic mass is 19.4. The Labute approximate surface area is 169 Å². The fourth-order valence-corrected chi connectivity index (χ4v) is 3.08. The van der Waals surface area contributed by atoms with E-state index < -0.39 is 6.36 Å². The van der Waals surface area contributed by atoms with Crippen LogP contribution < -0.4 is 10.1 Å². The predicted octanol–water partition coefficient (Wildman–Crippen LogP) is 5.08. The van der Waals surface area contributed by atoms with Gasteiger partial charge in [0.25, 0.3) is 0 Å². The lowest BCUT2D eigenvalue weighted by Gasteiger charge is -2.10. The first-order chi connectivity index (χ1) is 14.4. The molecule has 4 rings (SSSR count). The van der Waals surface area contributed by atoms with Gasteiger partial charge in [-0.2, -0.15) is 0 Å². The first-order valence-corrected chi connectivity index (χ1v) is 9.06. The Morgan fingerprint density at radius 3 is 2.37 bits per heavy atom. The number of ether oxygens (including phenoxy) is 1. The molecule has 0 atom stereocenters. The number of anilines is 1. The van der Waals surface area contributed by atoms with Gasteiger partial charge in [0.05, 0.1) is 6.42 Å². The number of aromatic nitrogens is 2. The van der Waals surface area contributed by atoms with Gasteiger partial charge in [-0.1, -0.05) is 48.5 Å². The molecule has 152 valence electrons. The molecule has 0 aliphatic rings. The second-order valence-corrected chi connectivity index (χ2v) is 6.52. The lowest BCUT2D eigenvalue weighted by molar-refractivity contribution is -0.274. The van der Waals surface area contributed by atoms with Crippen molar-refractivity contribution >= 4 is 17.4 Å². The average molecular weight is 411 g/mol. The minimum absolute atomic E-state index is 0.0133. The van der Waals surface area contributed by atoms with Gasteiger partial charge in [-0.3, -0.25) is 9.20 Å². The van der Waals surface area contributed by atoms with Crippen LogP contribution in [0.2, 0.25) is 0 Å². The molecule has 5 nitrogen and oxygen atoms in total. The summed E-state index contributed by atoms with van der Waals surface area (Å²) < 4.78 is 42.4. The van der Waals surface area contributed by atoms with E-state index in [1.54, 1.807) is 10.6 Å². The van der Waals surface area contributed by atoms with Crippen molar-refractivity contribution in [2.45, 2.75) is 12.8 Å². The van der Waals surface area contributed by atoms with Gasteiger partial charge in [-0.15, -0.1) is 13.2 Å². The third-order valence-electron chi connectivity index (χ3n) is 4.36. The number of rotatable bonds is 5. The van der Waals surface area contributed by atoms with E-state index in [0.717, 1.165) is 5.56 Å². The number of carbonyl (C=O) groups excluding carboxylic acids is 1. The maximum Gasteiger partial charge on any atom is 0.573 e. The molecular formula is C22H16F3N3O2. The number of nitrogens with one attached hydrogen (secondary N) is 1. The normalized spacial score (nSPS) is 11.4. The molecule has 2 aromatic heterocycles. The summed E-state index contributed by atoms with van der Waals surface area (Å²) in [5, 5.41) is 2.88. The third kappa shape index (κ3) is 4.43. The molecule has 0 spiro atoms. The summed E-state index contributed by atoms with van der Waals surface area (Å²) in [4.78, 5) is 17.3. The Bertz CT molecular complexity index is 1170. The van der Waals surface area contributed by atoms with Crippen molar-refractivity contribution < 1.29 is 22.7 Å². The molecule has 0 unspecified atom stereocenters. The molecule has 0 bridgehead atoms. The first kappa shape index (κ1) is 19.5. The van der Waals surface area contributed by atoms with E-state index in [1.165, 1.54) is 24.3 Å². The molecule has 0 saturated carbocycles. The van der Waals surface area contributed by atoms with Crippen LogP contribution in [0.4, 0.5) is 19.0 Å². The first-order valence-electron chi connectivity index (χ1n) is 9.06. The molecule has 1 N–H and O–H groups in total. The molecule has 8 heteroatoms. The number of carbonyl (C=O) groups is 1. The molecule has 0 radical (unpaired) electrons. The zero-order valence-electron chi connectivity index (χ0n) is 15.6. The smallest absolute Gasteiger partial charge is 0.406 e. The summed E-state index contributed by atoms with van der Waals surface area (Å²) in [5.74, 6) is -0.124. The third-order valence-corrected chi connectivity index (χ3v) is 4.36. The monoisotopic (exact) mass is 411 g/mol. The van der Waals surface area contributed by atoms with Gasteiger partial charge in [0, 0.05) is 11.8 Å². The van der Waals surface area contributed by atoms with Crippen LogP contribution in [0.1, 0.15) is 5.56 Å². The number of nitrogens with zero attached hydrogens (tertiary/aromatic N) is 2. The number of fused-ring (bicyclic) bond motifs is 1. The number of pyridine rings is 1. The van der Waals surface area contributed by atoms with Crippen molar-refractivity contribution in [1.29, 1.82) is 0 Å². The lowest BCUT2D eigenvalue weighted by Crippen LogP contribution is -2.17. The highest BCUT2D eigenvalue weighted by Gasteiger charge is 2.31. The van der Waals surface area contributed by atoms with Crippen molar-refractivity contribution in [1.82, 2.24) is 9.38 Å². The van der Waals surface area contributed by atoms with Crippen LogP contribution in [0.3, 0.4) is 0 Å². The zero-order chi connectivity index (χ0) is 21.1. The second-order valence-electron chi connectivity index (χ2n) is 6.52. The van der Waals surface area contributed by atoms with Gasteiger partial charge < -0.3 is 10.1 Å². The van der Waals surface area contributed by atoms with Crippen molar-refractivity contribution in [3.63, 3.8) is 0 Å². The molecule has 2 heterocycles. The number of imidazole rings is 1. The topological polar surface area (TPSA) is 55.6 Å². The fraction of sp³-hybridized carbons (Fsp3) is 0.0909.